The predicted octanol–water partition coefficient (Wildman–Crippen LogP) is 7.71. The van der Waals surface area contributed by atoms with Crippen molar-refractivity contribution in [1.82, 2.24) is 0 Å². The normalized spacial score (nSPS) is 14.1. The van der Waals surface area contributed by atoms with E-state index in [1.54, 1.807) is 0 Å². The summed E-state index contributed by atoms with van der Waals surface area (Å²) in [6.45, 7) is 3.02. The van der Waals surface area contributed by atoms with Crippen LogP contribution in [0.15, 0.2) is 0 Å². The number of carbonyl (C=O) groups is 2. The molecule has 0 aromatic heterocycles. The minimum Gasteiger partial charge on any atom is -0.394 e. The van der Waals surface area contributed by atoms with Gasteiger partial charge in [0.1, 0.15) is 6.10 Å². The molecule has 9 nitrogen and oxygen atoms in total. The molecule has 0 rings (SSSR count). The molecular weight excluding hydrogens is 569 g/mol. The van der Waals surface area contributed by atoms with Gasteiger partial charge in [0.2, 0.25) is 5.60 Å². The van der Waals surface area contributed by atoms with Crippen molar-refractivity contribution < 1.29 is 38.3 Å². The molecule has 0 aliphatic carbocycles. The lowest BCUT2D eigenvalue weighted by Gasteiger charge is -2.35. The highest BCUT2D eigenvalue weighted by Gasteiger charge is 2.55. The topological polar surface area (TPSA) is 156 Å². The van der Waals surface area contributed by atoms with Gasteiger partial charge in [0.15, 0.2) is 11.6 Å². The quantitative estimate of drug-likeness (QED) is 0.0322. The van der Waals surface area contributed by atoms with Gasteiger partial charge in [-0.2, -0.15) is 0 Å². The van der Waals surface area contributed by atoms with E-state index in [0.717, 1.165) is 51.4 Å². The summed E-state index contributed by atoms with van der Waals surface area (Å²) in [5, 5.41) is 20.5. The van der Waals surface area contributed by atoms with Gasteiger partial charge in [-0.15, -0.1) is 0 Å². The smallest absolute Gasteiger partial charge is 0.394 e. The Kier molecular flexibility index (Phi) is 27.2. The van der Waals surface area contributed by atoms with Crippen molar-refractivity contribution in [3.63, 3.8) is 0 Å². The first kappa shape index (κ1) is 42.3. The molecule has 0 fully saturated rings. The number of phosphoric acid groups is 1. The summed E-state index contributed by atoms with van der Waals surface area (Å²) in [5.41, 5.74) is 2.71. The van der Waals surface area contributed by atoms with Gasteiger partial charge in [0.25, 0.3) is 0 Å². The molecule has 0 bridgehead atoms. The number of aliphatic hydroxyl groups is 2. The Morgan fingerprint density at radius 2 is 1.00 bits per heavy atom. The Hall–Kier alpha value is -0.670. The van der Waals surface area contributed by atoms with Crippen molar-refractivity contribution in [1.29, 1.82) is 0 Å². The van der Waals surface area contributed by atoms with Gasteiger partial charge in [0.05, 0.1) is 13.2 Å². The van der Waals surface area contributed by atoms with Gasteiger partial charge in [-0.3, -0.25) is 18.6 Å². The summed E-state index contributed by atoms with van der Waals surface area (Å²) < 4.78 is 22.7. The van der Waals surface area contributed by atoms with Crippen molar-refractivity contribution in [2.24, 2.45) is 5.73 Å². The van der Waals surface area contributed by atoms with Crippen LogP contribution < -0.4 is 5.73 Å². The Bertz CT molecular complexity index is 698. The molecule has 1 unspecified atom stereocenters. The zero-order valence-electron chi connectivity index (χ0n) is 27.6. The number of nitrogens with two attached hydrogens (primary N) is 1. The second kappa shape index (κ2) is 27.6. The van der Waals surface area contributed by atoms with Crippen LogP contribution in [-0.4, -0.2) is 58.1 Å². The van der Waals surface area contributed by atoms with Crippen LogP contribution in [-0.2, 0) is 23.2 Å². The van der Waals surface area contributed by atoms with Crippen LogP contribution in [0.4, 0.5) is 0 Å². The van der Waals surface area contributed by atoms with Gasteiger partial charge >= 0.3 is 7.82 Å². The van der Waals surface area contributed by atoms with Gasteiger partial charge in [0, 0.05) is 19.4 Å². The average Bonchev–Trinajstić information content (AvgIpc) is 2.99. The average molecular weight is 636 g/mol. The zero-order valence-corrected chi connectivity index (χ0v) is 28.5. The molecular formula is C33H66NO8P. The molecule has 0 radical (unpaired) electrons. The van der Waals surface area contributed by atoms with E-state index in [4.69, 9.17) is 14.8 Å². The molecule has 0 heterocycles. The van der Waals surface area contributed by atoms with Crippen LogP contribution in [0.25, 0.3) is 0 Å². The van der Waals surface area contributed by atoms with Gasteiger partial charge < -0.3 is 20.8 Å². The van der Waals surface area contributed by atoms with Crippen LogP contribution in [0, 0.1) is 0 Å². The first-order chi connectivity index (χ1) is 20.7. The maximum absolute atomic E-state index is 13.5. The third-order valence-corrected chi connectivity index (χ3v) is 9.14. The first-order valence-corrected chi connectivity index (χ1v) is 18.9. The molecule has 256 valence electrons. The fraction of sp³-hybridized carbons (Fsp3) is 0.939. The fourth-order valence-electron chi connectivity index (χ4n) is 5.47. The van der Waals surface area contributed by atoms with Gasteiger partial charge in [-0.05, 0) is 12.8 Å². The summed E-state index contributed by atoms with van der Waals surface area (Å²) in [6, 6.07) is 0. The molecule has 2 atom stereocenters. The second-order valence-electron chi connectivity index (χ2n) is 12.0. The molecule has 5 N–H and O–H groups in total. The largest absolute Gasteiger partial charge is 0.473 e. The number of hydrogen-bond acceptors (Lipinski definition) is 8. The highest BCUT2D eigenvalue weighted by molar-refractivity contribution is 7.47. The van der Waals surface area contributed by atoms with Crippen molar-refractivity contribution in [2.75, 3.05) is 19.8 Å². The number of aliphatic hydroxyl groups excluding tert-OH is 2. The van der Waals surface area contributed by atoms with E-state index in [1.807, 2.05) is 0 Å². The molecule has 0 aromatic carbocycles. The van der Waals surface area contributed by atoms with E-state index >= 15 is 0 Å². The number of hydrogen-bond donors (Lipinski definition) is 4. The number of ketones is 2. The molecule has 0 aromatic rings. The monoisotopic (exact) mass is 635 g/mol. The molecule has 0 saturated carbocycles. The summed E-state index contributed by atoms with van der Waals surface area (Å²) >= 11 is 0. The molecule has 0 spiro atoms. The Morgan fingerprint density at radius 1 is 0.674 bits per heavy atom. The van der Waals surface area contributed by atoms with E-state index in [9.17, 15) is 29.3 Å². The Morgan fingerprint density at radius 3 is 1.30 bits per heavy atom. The third-order valence-electron chi connectivity index (χ3n) is 8.12. The van der Waals surface area contributed by atoms with E-state index in [1.165, 1.54) is 77.0 Å². The highest BCUT2D eigenvalue weighted by Crippen LogP contribution is 2.49. The summed E-state index contributed by atoms with van der Waals surface area (Å²) in [5.74, 6) is -1.60. The van der Waals surface area contributed by atoms with Crippen molar-refractivity contribution >= 4 is 19.4 Å². The summed E-state index contributed by atoms with van der Waals surface area (Å²) in [6.07, 6.45) is 21.5. The molecule has 0 aliphatic heterocycles. The Labute approximate surface area is 262 Å². The maximum atomic E-state index is 13.5. The number of Topliss-reactive ketones (excluding diaryl/α,β-unsaturated/α-hetero) is 2. The number of carbonyl (C=O) groups excluding carboxylic acids is 2. The zero-order chi connectivity index (χ0) is 32.2. The number of phosphoric ester groups is 1. The second-order valence-corrected chi connectivity index (χ2v) is 13.4. The van der Waals surface area contributed by atoms with Crippen LogP contribution in [0.1, 0.15) is 168 Å². The summed E-state index contributed by atoms with van der Waals surface area (Å²) in [4.78, 5) is 37.3. The number of unbranched alkanes of at least 4 members (excludes halogenated alkanes) is 20. The summed E-state index contributed by atoms with van der Waals surface area (Å²) in [7, 11) is -4.93. The van der Waals surface area contributed by atoms with Crippen LogP contribution >= 0.6 is 7.82 Å². The van der Waals surface area contributed by atoms with Gasteiger partial charge in [-0.1, -0.05) is 142 Å². The minimum absolute atomic E-state index is 0.0805. The molecule has 43 heavy (non-hydrogen) atoms. The molecule has 0 saturated heterocycles. The number of rotatable bonds is 33. The SMILES string of the molecule is CCCCCCCCCCCCCC(=O)C(OP(=O)(O)OCCN)(C(=O)CCCCCCCCCCCCC)[C@@H](O)CO. The maximum Gasteiger partial charge on any atom is 0.473 e. The minimum atomic E-state index is -4.93. The lowest BCUT2D eigenvalue weighted by molar-refractivity contribution is -0.164. The lowest BCUT2D eigenvalue weighted by atomic mass is 9.82. The predicted molar refractivity (Wildman–Crippen MR) is 174 cm³/mol. The molecule has 0 amide bonds. The van der Waals surface area contributed by atoms with Crippen molar-refractivity contribution in [2.45, 2.75) is 180 Å². The lowest BCUT2D eigenvalue weighted by Crippen LogP contribution is -2.58. The van der Waals surface area contributed by atoms with E-state index in [-0.39, 0.29) is 26.0 Å². The van der Waals surface area contributed by atoms with Crippen molar-refractivity contribution in [3.8, 4) is 0 Å². The van der Waals surface area contributed by atoms with Gasteiger partial charge in [-0.25, -0.2) is 4.57 Å². The fourth-order valence-corrected chi connectivity index (χ4v) is 6.54. The van der Waals surface area contributed by atoms with E-state index in [0.29, 0.717) is 12.8 Å². The Balaban J connectivity index is 5.00. The van der Waals surface area contributed by atoms with Crippen LogP contribution in [0.5, 0.6) is 0 Å². The molecule has 10 heteroatoms. The standard InChI is InChI=1S/C33H66NO8P/c1-3-5-7-9-11-13-15-17-19-21-23-25-30(36)33(32(38)29-35,42-43(39,40)41-28-27-34)31(37)26-24-22-20-18-16-14-12-10-8-6-4-2/h32,35,38H,3-29,34H2,1-2H3,(H,39,40)/t32-/m0/s1. The van der Waals surface area contributed by atoms with Crippen LogP contribution in [0.3, 0.4) is 0 Å². The van der Waals surface area contributed by atoms with Crippen molar-refractivity contribution in [3.05, 3.63) is 0 Å². The molecule has 0 aliphatic rings. The highest BCUT2D eigenvalue weighted by atomic mass is 31.2. The van der Waals surface area contributed by atoms with E-state index < -0.39 is 37.7 Å². The van der Waals surface area contributed by atoms with Crippen LogP contribution in [0.2, 0.25) is 0 Å². The first-order valence-electron chi connectivity index (χ1n) is 17.4. The third kappa shape index (κ3) is 20.1. The van der Waals surface area contributed by atoms with E-state index in [2.05, 4.69) is 13.8 Å².